The molecule has 0 saturated carbocycles. The van der Waals surface area contributed by atoms with Gasteiger partial charge in [-0.05, 0) is 36.5 Å². The molecule has 0 aromatic heterocycles. The first-order valence-corrected chi connectivity index (χ1v) is 8.52. The van der Waals surface area contributed by atoms with Gasteiger partial charge in [-0.3, -0.25) is 0 Å². The Kier molecular flexibility index (Phi) is 3.76. The molecule has 2 rings (SSSR count). The van der Waals surface area contributed by atoms with Crippen LogP contribution in [0.4, 0.5) is 11.4 Å². The second-order valence-corrected chi connectivity index (χ2v) is 7.70. The van der Waals surface area contributed by atoms with Gasteiger partial charge in [0.15, 0.2) is 9.84 Å². The number of nitrogen functional groups attached to an aromatic ring is 1. The lowest BCUT2D eigenvalue weighted by Crippen LogP contribution is -2.38. The molecule has 0 bridgehead atoms. The summed E-state index contributed by atoms with van der Waals surface area (Å²) < 4.78 is 23.0. The van der Waals surface area contributed by atoms with Crippen LogP contribution in [-0.4, -0.2) is 27.8 Å². The van der Waals surface area contributed by atoms with E-state index in [2.05, 4.69) is 18.7 Å². The van der Waals surface area contributed by atoms with E-state index >= 15 is 0 Å². The van der Waals surface area contributed by atoms with E-state index in [4.69, 9.17) is 5.73 Å². The molecule has 1 fully saturated rings. The van der Waals surface area contributed by atoms with Crippen LogP contribution in [0, 0.1) is 11.8 Å². The highest BCUT2D eigenvalue weighted by atomic mass is 32.2. The summed E-state index contributed by atoms with van der Waals surface area (Å²) in [6.45, 7) is 6.48. The van der Waals surface area contributed by atoms with Gasteiger partial charge in [-0.1, -0.05) is 13.8 Å². The highest BCUT2D eigenvalue weighted by Crippen LogP contribution is 2.31. The van der Waals surface area contributed by atoms with Crippen molar-refractivity contribution in [3.05, 3.63) is 18.2 Å². The van der Waals surface area contributed by atoms with Gasteiger partial charge in [-0.2, -0.15) is 0 Å². The standard InChI is InChI=1S/C14H22N2O2S/c1-10-6-7-16(9-11(10)2)14-5-4-12(8-13(14)15)19(3,17)18/h4-5,8,10-11H,6-7,9,15H2,1-3H3. The van der Waals surface area contributed by atoms with Crippen LogP contribution in [0.1, 0.15) is 20.3 Å². The second kappa shape index (κ2) is 5.04. The summed E-state index contributed by atoms with van der Waals surface area (Å²) in [6.07, 6.45) is 2.35. The minimum atomic E-state index is -3.19. The van der Waals surface area contributed by atoms with Crippen molar-refractivity contribution in [3.63, 3.8) is 0 Å². The lowest BCUT2D eigenvalue weighted by molar-refractivity contribution is 0.324. The summed E-state index contributed by atoms with van der Waals surface area (Å²) in [5, 5.41) is 0. The smallest absolute Gasteiger partial charge is 0.175 e. The summed E-state index contributed by atoms with van der Waals surface area (Å²) in [6, 6.07) is 5.03. The molecular weight excluding hydrogens is 260 g/mol. The first kappa shape index (κ1) is 14.2. The summed E-state index contributed by atoms with van der Waals surface area (Å²) >= 11 is 0. The predicted octanol–water partition coefficient (Wildman–Crippen LogP) is 2.15. The maximum atomic E-state index is 11.5. The zero-order valence-corrected chi connectivity index (χ0v) is 12.6. The fraction of sp³-hybridized carbons (Fsp3) is 0.571. The van der Waals surface area contributed by atoms with Crippen molar-refractivity contribution in [3.8, 4) is 0 Å². The Morgan fingerprint density at radius 2 is 1.95 bits per heavy atom. The average Bonchev–Trinajstić information content (AvgIpc) is 2.31. The van der Waals surface area contributed by atoms with E-state index in [9.17, 15) is 8.42 Å². The molecule has 1 aliphatic rings. The maximum Gasteiger partial charge on any atom is 0.175 e. The molecule has 106 valence electrons. The van der Waals surface area contributed by atoms with Gasteiger partial charge in [0.05, 0.1) is 16.3 Å². The molecule has 1 aromatic carbocycles. The predicted molar refractivity (Wildman–Crippen MR) is 79.1 cm³/mol. The molecule has 19 heavy (non-hydrogen) atoms. The Labute approximate surface area is 115 Å². The number of benzene rings is 1. The van der Waals surface area contributed by atoms with E-state index < -0.39 is 9.84 Å². The molecule has 2 unspecified atom stereocenters. The van der Waals surface area contributed by atoms with Crippen molar-refractivity contribution in [1.82, 2.24) is 0 Å². The molecule has 1 aromatic rings. The van der Waals surface area contributed by atoms with Gasteiger partial charge in [-0.15, -0.1) is 0 Å². The number of nitrogens with zero attached hydrogens (tertiary/aromatic N) is 1. The van der Waals surface area contributed by atoms with Gasteiger partial charge in [0.1, 0.15) is 0 Å². The third-order valence-corrected chi connectivity index (χ3v) is 5.21. The summed E-state index contributed by atoms with van der Waals surface area (Å²) in [4.78, 5) is 2.54. The van der Waals surface area contributed by atoms with E-state index in [1.807, 2.05) is 6.07 Å². The lowest BCUT2D eigenvalue weighted by atomic mass is 9.88. The quantitative estimate of drug-likeness (QED) is 0.844. The van der Waals surface area contributed by atoms with Crippen molar-refractivity contribution in [2.24, 2.45) is 11.8 Å². The third kappa shape index (κ3) is 3.03. The van der Waals surface area contributed by atoms with Gasteiger partial charge in [0.2, 0.25) is 0 Å². The Bertz CT molecular complexity index is 569. The number of rotatable bonds is 2. The average molecular weight is 282 g/mol. The SMILES string of the molecule is CC1CCN(c2ccc(S(C)(=O)=O)cc2N)CC1C. The van der Waals surface area contributed by atoms with Gasteiger partial charge in [0, 0.05) is 19.3 Å². The third-order valence-electron chi connectivity index (χ3n) is 4.10. The van der Waals surface area contributed by atoms with E-state index in [0.717, 1.165) is 31.1 Å². The van der Waals surface area contributed by atoms with Crippen LogP contribution in [0.25, 0.3) is 0 Å². The molecule has 1 saturated heterocycles. The summed E-state index contributed by atoms with van der Waals surface area (Å²) in [5.74, 6) is 1.36. The zero-order chi connectivity index (χ0) is 14.2. The van der Waals surface area contributed by atoms with Crippen molar-refractivity contribution >= 4 is 21.2 Å². The van der Waals surface area contributed by atoms with Gasteiger partial charge in [-0.25, -0.2) is 8.42 Å². The fourth-order valence-electron chi connectivity index (χ4n) is 2.53. The van der Waals surface area contributed by atoms with E-state index in [-0.39, 0.29) is 4.90 Å². The van der Waals surface area contributed by atoms with Crippen LogP contribution in [0.3, 0.4) is 0 Å². The Hall–Kier alpha value is -1.23. The van der Waals surface area contributed by atoms with Crippen LogP contribution >= 0.6 is 0 Å². The van der Waals surface area contributed by atoms with Crippen LogP contribution in [0.15, 0.2) is 23.1 Å². The number of hydrogen-bond donors (Lipinski definition) is 1. The maximum absolute atomic E-state index is 11.5. The van der Waals surface area contributed by atoms with Crippen molar-refractivity contribution in [1.29, 1.82) is 0 Å². The normalized spacial score (nSPS) is 24.5. The molecule has 0 aliphatic carbocycles. The highest BCUT2D eigenvalue weighted by molar-refractivity contribution is 7.90. The minimum Gasteiger partial charge on any atom is -0.397 e. The number of anilines is 2. The van der Waals surface area contributed by atoms with Gasteiger partial charge in [0.25, 0.3) is 0 Å². The Morgan fingerprint density at radius 3 is 2.47 bits per heavy atom. The van der Waals surface area contributed by atoms with E-state index in [1.165, 1.54) is 6.26 Å². The molecular formula is C14H22N2O2S. The first-order chi connectivity index (χ1) is 8.79. The Morgan fingerprint density at radius 1 is 1.26 bits per heavy atom. The monoisotopic (exact) mass is 282 g/mol. The molecule has 5 heteroatoms. The van der Waals surface area contributed by atoms with E-state index in [1.54, 1.807) is 12.1 Å². The van der Waals surface area contributed by atoms with Gasteiger partial charge >= 0.3 is 0 Å². The van der Waals surface area contributed by atoms with Gasteiger partial charge < -0.3 is 10.6 Å². The van der Waals surface area contributed by atoms with Crippen molar-refractivity contribution in [2.45, 2.75) is 25.2 Å². The van der Waals surface area contributed by atoms with Crippen molar-refractivity contribution in [2.75, 3.05) is 30.0 Å². The van der Waals surface area contributed by atoms with Crippen LogP contribution in [0.5, 0.6) is 0 Å². The molecule has 2 atom stereocenters. The van der Waals surface area contributed by atoms with E-state index in [0.29, 0.717) is 11.6 Å². The zero-order valence-electron chi connectivity index (χ0n) is 11.8. The number of sulfone groups is 1. The molecule has 4 nitrogen and oxygen atoms in total. The highest BCUT2D eigenvalue weighted by Gasteiger charge is 2.24. The molecule has 0 radical (unpaired) electrons. The summed E-state index contributed by atoms with van der Waals surface area (Å²) in [7, 11) is -3.19. The van der Waals surface area contributed by atoms with Crippen molar-refractivity contribution < 1.29 is 8.42 Å². The van der Waals surface area contributed by atoms with Crippen LogP contribution < -0.4 is 10.6 Å². The number of piperidine rings is 1. The molecule has 1 heterocycles. The fourth-order valence-corrected chi connectivity index (χ4v) is 3.19. The molecule has 2 N–H and O–H groups in total. The first-order valence-electron chi connectivity index (χ1n) is 6.63. The number of hydrogen-bond acceptors (Lipinski definition) is 4. The lowest BCUT2D eigenvalue weighted by Gasteiger charge is -2.37. The topological polar surface area (TPSA) is 63.4 Å². The molecule has 0 spiro atoms. The minimum absolute atomic E-state index is 0.284. The molecule has 1 aliphatic heterocycles. The van der Waals surface area contributed by atoms with Crippen LogP contribution in [0.2, 0.25) is 0 Å². The largest absolute Gasteiger partial charge is 0.397 e. The number of nitrogens with two attached hydrogens (primary N) is 1. The van der Waals surface area contributed by atoms with Crippen LogP contribution in [-0.2, 0) is 9.84 Å². The molecule has 0 amide bonds. The second-order valence-electron chi connectivity index (χ2n) is 5.68. The Balaban J connectivity index is 2.27. The summed E-state index contributed by atoms with van der Waals surface area (Å²) in [5.41, 5.74) is 7.52.